The Morgan fingerprint density at radius 2 is 1.50 bits per heavy atom. The third-order valence-corrected chi connectivity index (χ3v) is 2.95. The number of nitrogens with two attached hydrogens (primary N) is 1. The van der Waals surface area contributed by atoms with Crippen LogP contribution in [0.15, 0.2) is 29.2 Å². The van der Waals surface area contributed by atoms with Crippen LogP contribution in [0.3, 0.4) is 0 Å². The van der Waals surface area contributed by atoms with E-state index in [1.54, 1.807) is 0 Å². The standard InChI is InChI=1S/C7H4F4O2S.H3NO2S/c8-5-3-1-2-4-6(5)14(12,13)7(9,10)11;1-4(2)3/h1-4H;4H,(H2,1,2,3). The van der Waals surface area contributed by atoms with Crippen molar-refractivity contribution in [2.75, 3.05) is 0 Å². The molecule has 0 aliphatic carbocycles. The Labute approximate surface area is 101 Å². The minimum atomic E-state index is -5.58. The third-order valence-electron chi connectivity index (χ3n) is 1.43. The maximum atomic E-state index is 12.7. The molecule has 0 heterocycles. The van der Waals surface area contributed by atoms with E-state index in [1.807, 2.05) is 0 Å². The molecule has 0 amide bonds. The topological polar surface area (TPSA) is 94.3 Å². The Kier molecular flexibility index (Phi) is 5.70. The minimum Gasteiger partial charge on any atom is -0.231 e. The highest BCUT2D eigenvalue weighted by Crippen LogP contribution is 2.31. The van der Waals surface area contributed by atoms with E-state index in [1.165, 1.54) is 0 Å². The summed E-state index contributed by atoms with van der Waals surface area (Å²) in [5.41, 5.74) is -5.48. The van der Waals surface area contributed by atoms with Gasteiger partial charge in [-0.25, -0.2) is 26.4 Å². The average molecular weight is 309 g/mol. The first-order chi connectivity index (χ1) is 8.00. The lowest BCUT2D eigenvalue weighted by molar-refractivity contribution is -0.0437. The summed E-state index contributed by atoms with van der Waals surface area (Å²) in [6.45, 7) is 0. The summed E-state index contributed by atoms with van der Waals surface area (Å²) >= 11 is 0. The molecule has 0 aliphatic rings. The fourth-order valence-electron chi connectivity index (χ4n) is 0.787. The second kappa shape index (κ2) is 6.11. The molecule has 18 heavy (non-hydrogen) atoms. The zero-order valence-corrected chi connectivity index (χ0v) is 10.1. The van der Waals surface area contributed by atoms with Crippen molar-refractivity contribution in [3.63, 3.8) is 0 Å². The van der Waals surface area contributed by atoms with E-state index in [2.05, 4.69) is 5.14 Å². The van der Waals surface area contributed by atoms with Gasteiger partial charge in [-0.15, -0.1) is 0 Å². The Morgan fingerprint density at radius 3 is 1.83 bits per heavy atom. The molecule has 1 rings (SSSR count). The van der Waals surface area contributed by atoms with Crippen molar-refractivity contribution in [1.29, 1.82) is 0 Å². The molecule has 0 saturated heterocycles. The van der Waals surface area contributed by atoms with E-state index in [0.29, 0.717) is 12.1 Å². The van der Waals surface area contributed by atoms with Gasteiger partial charge in [0.1, 0.15) is 10.7 Å². The molecule has 0 fully saturated rings. The van der Waals surface area contributed by atoms with Crippen LogP contribution in [-0.2, 0) is 20.7 Å². The highest BCUT2D eigenvalue weighted by molar-refractivity contribution is 7.92. The molecule has 104 valence electrons. The summed E-state index contributed by atoms with van der Waals surface area (Å²) in [5, 5.41) is 4.06. The van der Waals surface area contributed by atoms with Gasteiger partial charge in [0.2, 0.25) is 0 Å². The van der Waals surface area contributed by atoms with Crippen LogP contribution in [0.1, 0.15) is 0 Å². The molecule has 0 bridgehead atoms. The zero-order valence-electron chi connectivity index (χ0n) is 8.39. The lowest BCUT2D eigenvalue weighted by atomic mass is 10.3. The number of benzene rings is 1. The van der Waals surface area contributed by atoms with Gasteiger partial charge in [-0.3, -0.25) is 0 Å². The first kappa shape index (κ1) is 16.8. The summed E-state index contributed by atoms with van der Waals surface area (Å²) in [6, 6.07) is 3.34. The predicted octanol–water partition coefficient (Wildman–Crippen LogP) is 0.591. The normalized spacial score (nSPS) is 11.9. The summed E-state index contributed by atoms with van der Waals surface area (Å²) in [6.07, 6.45) is 0. The molecular formula is C7H7F4NO4S2. The smallest absolute Gasteiger partial charge is 0.231 e. The summed E-state index contributed by atoms with van der Waals surface area (Å²) in [7, 11) is -8.20. The highest BCUT2D eigenvalue weighted by Gasteiger charge is 2.48. The molecule has 5 nitrogen and oxygen atoms in total. The third kappa shape index (κ3) is 4.58. The Morgan fingerprint density at radius 1 is 1.11 bits per heavy atom. The first-order valence-corrected chi connectivity index (χ1v) is 6.68. The molecule has 0 atom stereocenters. The molecular weight excluding hydrogens is 302 g/mol. The van der Waals surface area contributed by atoms with Gasteiger partial charge in [0.25, 0.3) is 9.84 Å². The quantitative estimate of drug-likeness (QED) is 0.586. The van der Waals surface area contributed by atoms with Crippen molar-refractivity contribution < 1.29 is 34.4 Å². The molecule has 11 heteroatoms. The van der Waals surface area contributed by atoms with Gasteiger partial charge in [0.05, 0.1) is 0 Å². The fraction of sp³-hybridized carbons (Fsp3) is 0.143. The number of rotatable bonds is 1. The van der Waals surface area contributed by atoms with Gasteiger partial charge in [0, 0.05) is 0 Å². The number of sulfone groups is 1. The monoisotopic (exact) mass is 309 g/mol. The van der Waals surface area contributed by atoms with Crippen molar-refractivity contribution in [3.8, 4) is 0 Å². The predicted molar refractivity (Wildman–Crippen MR) is 54.1 cm³/mol. The molecule has 2 N–H and O–H groups in total. The van der Waals surface area contributed by atoms with Crippen LogP contribution >= 0.6 is 0 Å². The SMILES string of the molecule is N[SH](=O)=O.O=S(=O)(c1ccccc1F)C(F)(F)F. The molecule has 0 aromatic heterocycles. The van der Waals surface area contributed by atoms with Crippen molar-refractivity contribution in [2.45, 2.75) is 10.4 Å². The number of hydrogen-bond acceptors (Lipinski definition) is 4. The van der Waals surface area contributed by atoms with E-state index in [-0.39, 0.29) is 0 Å². The van der Waals surface area contributed by atoms with Crippen molar-refractivity contribution in [1.82, 2.24) is 0 Å². The van der Waals surface area contributed by atoms with Crippen LogP contribution < -0.4 is 5.14 Å². The van der Waals surface area contributed by atoms with E-state index in [4.69, 9.17) is 8.42 Å². The van der Waals surface area contributed by atoms with Crippen molar-refractivity contribution in [2.24, 2.45) is 5.14 Å². The Balaban J connectivity index is 0.000000631. The van der Waals surface area contributed by atoms with Crippen LogP contribution in [0.5, 0.6) is 0 Å². The molecule has 1 aromatic carbocycles. The van der Waals surface area contributed by atoms with Crippen LogP contribution in [0, 0.1) is 5.82 Å². The van der Waals surface area contributed by atoms with E-state index >= 15 is 0 Å². The molecule has 0 saturated carbocycles. The second-order valence-corrected chi connectivity index (χ2v) is 5.15. The lowest BCUT2D eigenvalue weighted by Crippen LogP contribution is -2.24. The summed E-state index contributed by atoms with van der Waals surface area (Å²) < 4.78 is 87.6. The summed E-state index contributed by atoms with van der Waals surface area (Å²) in [4.78, 5) is -1.35. The zero-order chi connectivity index (χ0) is 14.6. The molecule has 1 aromatic rings. The van der Waals surface area contributed by atoms with Crippen molar-refractivity contribution in [3.05, 3.63) is 30.1 Å². The van der Waals surface area contributed by atoms with Gasteiger partial charge in [-0.2, -0.15) is 13.2 Å². The molecule has 0 spiro atoms. The van der Waals surface area contributed by atoms with Gasteiger partial charge in [-0.1, -0.05) is 12.1 Å². The van der Waals surface area contributed by atoms with Crippen molar-refractivity contribution >= 4 is 20.7 Å². The summed E-state index contributed by atoms with van der Waals surface area (Å²) in [5.74, 6) is -1.41. The maximum absolute atomic E-state index is 12.7. The number of thiol groups is 1. The van der Waals surface area contributed by atoms with E-state index in [0.717, 1.165) is 12.1 Å². The fourth-order valence-corrected chi connectivity index (χ4v) is 1.62. The Bertz CT molecular complexity index is 571. The number of hydrogen-bond donors (Lipinski definition) is 2. The van der Waals surface area contributed by atoms with Crippen LogP contribution in [0.4, 0.5) is 17.6 Å². The van der Waals surface area contributed by atoms with E-state index in [9.17, 15) is 26.0 Å². The van der Waals surface area contributed by atoms with Gasteiger partial charge in [0.15, 0.2) is 10.9 Å². The van der Waals surface area contributed by atoms with Crippen LogP contribution in [-0.4, -0.2) is 22.3 Å². The van der Waals surface area contributed by atoms with Crippen LogP contribution in [0.2, 0.25) is 0 Å². The molecule has 0 unspecified atom stereocenters. The highest BCUT2D eigenvalue weighted by atomic mass is 32.2. The first-order valence-electron chi connectivity index (χ1n) is 3.95. The lowest BCUT2D eigenvalue weighted by Gasteiger charge is -2.07. The minimum absolute atomic E-state index is 0.568. The van der Waals surface area contributed by atoms with Gasteiger partial charge in [-0.05, 0) is 12.1 Å². The van der Waals surface area contributed by atoms with Gasteiger partial charge < -0.3 is 0 Å². The maximum Gasteiger partial charge on any atom is 0.502 e. The largest absolute Gasteiger partial charge is 0.502 e. The molecule has 0 aliphatic heterocycles. The number of alkyl halides is 3. The second-order valence-electron chi connectivity index (χ2n) is 2.66. The molecule has 0 radical (unpaired) electrons. The van der Waals surface area contributed by atoms with Gasteiger partial charge >= 0.3 is 5.51 Å². The number of halogens is 4. The van der Waals surface area contributed by atoms with Crippen LogP contribution in [0.25, 0.3) is 0 Å². The van der Waals surface area contributed by atoms with E-state index < -0.39 is 36.9 Å². The average Bonchev–Trinajstić information content (AvgIpc) is 2.15. The Hall–Kier alpha value is -1.20.